The molecule has 12 heavy (non-hydrogen) atoms. The number of aryl methyl sites for hydroxylation is 2. The summed E-state index contributed by atoms with van der Waals surface area (Å²) < 4.78 is 0. The molecule has 0 saturated carbocycles. The van der Waals surface area contributed by atoms with Crippen molar-refractivity contribution < 1.29 is 0 Å². The first-order valence-corrected chi connectivity index (χ1v) is 4.65. The molecule has 66 valence electrons. The standard InChI is InChI=1S/C11H17N/c1-4-5-6-11-9(2)7-12-8-10(11)3/h7-8H,4-6H2,1-3H3. The summed E-state index contributed by atoms with van der Waals surface area (Å²) in [5.74, 6) is 0. The monoisotopic (exact) mass is 163 g/mol. The summed E-state index contributed by atoms with van der Waals surface area (Å²) in [6.07, 6.45) is 7.67. The zero-order valence-corrected chi connectivity index (χ0v) is 8.22. The molecule has 0 N–H and O–H groups in total. The van der Waals surface area contributed by atoms with Gasteiger partial charge in [0.15, 0.2) is 0 Å². The van der Waals surface area contributed by atoms with Crippen LogP contribution < -0.4 is 0 Å². The zero-order chi connectivity index (χ0) is 8.97. The fourth-order valence-corrected chi connectivity index (χ4v) is 1.48. The van der Waals surface area contributed by atoms with E-state index in [-0.39, 0.29) is 0 Å². The van der Waals surface area contributed by atoms with Gasteiger partial charge in [0.25, 0.3) is 0 Å². The normalized spacial score (nSPS) is 10.2. The predicted octanol–water partition coefficient (Wildman–Crippen LogP) is 3.04. The Bertz CT molecular complexity index is 233. The summed E-state index contributed by atoms with van der Waals surface area (Å²) in [6.45, 7) is 6.52. The van der Waals surface area contributed by atoms with Crippen molar-refractivity contribution in [3.8, 4) is 0 Å². The van der Waals surface area contributed by atoms with Crippen LogP contribution >= 0.6 is 0 Å². The average molecular weight is 163 g/mol. The fraction of sp³-hybridized carbons (Fsp3) is 0.545. The van der Waals surface area contributed by atoms with Crippen LogP contribution in [0.3, 0.4) is 0 Å². The minimum absolute atomic E-state index is 1.21. The first kappa shape index (κ1) is 9.24. The average Bonchev–Trinajstić information content (AvgIpc) is 2.04. The third-order valence-corrected chi connectivity index (χ3v) is 2.27. The second-order valence-corrected chi connectivity index (χ2v) is 3.36. The van der Waals surface area contributed by atoms with E-state index in [4.69, 9.17) is 0 Å². The Morgan fingerprint density at radius 1 is 1.17 bits per heavy atom. The molecule has 0 aliphatic heterocycles. The Hall–Kier alpha value is -0.850. The second-order valence-electron chi connectivity index (χ2n) is 3.36. The van der Waals surface area contributed by atoms with Crippen molar-refractivity contribution in [2.75, 3.05) is 0 Å². The summed E-state index contributed by atoms with van der Waals surface area (Å²) in [5.41, 5.74) is 4.17. The Morgan fingerprint density at radius 2 is 1.75 bits per heavy atom. The van der Waals surface area contributed by atoms with Crippen LogP contribution in [-0.4, -0.2) is 4.98 Å². The Balaban J connectivity index is 2.81. The first-order valence-electron chi connectivity index (χ1n) is 4.65. The molecule has 0 radical (unpaired) electrons. The van der Waals surface area contributed by atoms with E-state index in [2.05, 4.69) is 25.8 Å². The molecular formula is C11H17N. The fourth-order valence-electron chi connectivity index (χ4n) is 1.48. The van der Waals surface area contributed by atoms with Gasteiger partial charge in [0.1, 0.15) is 0 Å². The van der Waals surface area contributed by atoms with E-state index in [1.54, 1.807) is 0 Å². The number of nitrogens with zero attached hydrogens (tertiary/aromatic N) is 1. The highest BCUT2D eigenvalue weighted by Gasteiger charge is 2.00. The van der Waals surface area contributed by atoms with Crippen molar-refractivity contribution in [2.24, 2.45) is 0 Å². The van der Waals surface area contributed by atoms with Gasteiger partial charge in [0, 0.05) is 12.4 Å². The van der Waals surface area contributed by atoms with Gasteiger partial charge in [-0.05, 0) is 43.4 Å². The van der Waals surface area contributed by atoms with E-state index < -0.39 is 0 Å². The van der Waals surface area contributed by atoms with Crippen LogP contribution in [-0.2, 0) is 6.42 Å². The number of unbranched alkanes of at least 4 members (excludes halogenated alkanes) is 1. The molecular weight excluding hydrogens is 146 g/mol. The summed E-state index contributed by atoms with van der Waals surface area (Å²) in [7, 11) is 0. The molecule has 0 amide bonds. The Labute approximate surface area is 74.8 Å². The molecule has 1 rings (SSSR count). The SMILES string of the molecule is CCCCc1c(C)cncc1C. The highest BCUT2D eigenvalue weighted by Crippen LogP contribution is 2.14. The Morgan fingerprint density at radius 3 is 2.25 bits per heavy atom. The summed E-state index contributed by atoms with van der Waals surface area (Å²) in [5, 5.41) is 0. The van der Waals surface area contributed by atoms with Crippen LogP contribution in [0.15, 0.2) is 12.4 Å². The molecule has 0 aliphatic rings. The number of pyridine rings is 1. The zero-order valence-electron chi connectivity index (χ0n) is 8.22. The molecule has 1 heteroatoms. The van der Waals surface area contributed by atoms with Crippen molar-refractivity contribution in [3.63, 3.8) is 0 Å². The number of aromatic nitrogens is 1. The van der Waals surface area contributed by atoms with Crippen molar-refractivity contribution in [3.05, 3.63) is 29.1 Å². The minimum atomic E-state index is 1.21. The number of hydrogen-bond donors (Lipinski definition) is 0. The quantitative estimate of drug-likeness (QED) is 0.667. The molecule has 0 unspecified atom stereocenters. The lowest BCUT2D eigenvalue weighted by atomic mass is 10.0. The summed E-state index contributed by atoms with van der Waals surface area (Å²) in [4.78, 5) is 4.15. The number of hydrogen-bond acceptors (Lipinski definition) is 1. The molecule has 0 fully saturated rings. The lowest BCUT2D eigenvalue weighted by molar-refractivity contribution is 0.785. The third-order valence-electron chi connectivity index (χ3n) is 2.27. The maximum atomic E-state index is 4.15. The van der Waals surface area contributed by atoms with Crippen molar-refractivity contribution in [1.82, 2.24) is 4.98 Å². The van der Waals surface area contributed by atoms with Crippen LogP contribution in [0.5, 0.6) is 0 Å². The molecule has 0 saturated heterocycles. The van der Waals surface area contributed by atoms with Gasteiger partial charge in [0.2, 0.25) is 0 Å². The lowest BCUT2D eigenvalue weighted by Crippen LogP contribution is -1.94. The summed E-state index contributed by atoms with van der Waals surface area (Å²) in [6, 6.07) is 0. The van der Waals surface area contributed by atoms with E-state index >= 15 is 0 Å². The Kier molecular flexibility index (Phi) is 3.27. The van der Waals surface area contributed by atoms with Crippen molar-refractivity contribution >= 4 is 0 Å². The molecule has 0 bridgehead atoms. The minimum Gasteiger partial charge on any atom is -0.264 e. The van der Waals surface area contributed by atoms with Crippen LogP contribution in [0.4, 0.5) is 0 Å². The van der Waals surface area contributed by atoms with Gasteiger partial charge < -0.3 is 0 Å². The molecule has 1 aromatic heterocycles. The van der Waals surface area contributed by atoms with E-state index in [1.165, 1.54) is 36.0 Å². The first-order chi connectivity index (χ1) is 5.75. The second kappa shape index (κ2) is 4.24. The van der Waals surface area contributed by atoms with Crippen LogP contribution in [0, 0.1) is 13.8 Å². The maximum absolute atomic E-state index is 4.15. The van der Waals surface area contributed by atoms with E-state index in [0.29, 0.717) is 0 Å². The predicted molar refractivity (Wildman–Crippen MR) is 52.3 cm³/mol. The maximum Gasteiger partial charge on any atom is 0.0300 e. The molecule has 0 spiro atoms. The molecule has 0 aromatic carbocycles. The highest BCUT2D eigenvalue weighted by atomic mass is 14.6. The van der Waals surface area contributed by atoms with Crippen LogP contribution in [0.2, 0.25) is 0 Å². The summed E-state index contributed by atoms with van der Waals surface area (Å²) >= 11 is 0. The lowest BCUT2D eigenvalue weighted by Gasteiger charge is -2.07. The van der Waals surface area contributed by atoms with Gasteiger partial charge in [-0.2, -0.15) is 0 Å². The van der Waals surface area contributed by atoms with Crippen LogP contribution in [0.1, 0.15) is 36.5 Å². The van der Waals surface area contributed by atoms with Crippen molar-refractivity contribution in [1.29, 1.82) is 0 Å². The van der Waals surface area contributed by atoms with Gasteiger partial charge in [-0.25, -0.2) is 0 Å². The number of rotatable bonds is 3. The van der Waals surface area contributed by atoms with E-state index in [0.717, 1.165) is 0 Å². The van der Waals surface area contributed by atoms with Gasteiger partial charge in [-0.15, -0.1) is 0 Å². The van der Waals surface area contributed by atoms with Crippen molar-refractivity contribution in [2.45, 2.75) is 40.0 Å². The largest absolute Gasteiger partial charge is 0.264 e. The van der Waals surface area contributed by atoms with Gasteiger partial charge in [-0.1, -0.05) is 13.3 Å². The molecule has 1 heterocycles. The molecule has 1 nitrogen and oxygen atoms in total. The van der Waals surface area contributed by atoms with E-state index in [1.807, 2.05) is 12.4 Å². The van der Waals surface area contributed by atoms with Crippen LogP contribution in [0.25, 0.3) is 0 Å². The third kappa shape index (κ3) is 2.07. The topological polar surface area (TPSA) is 12.9 Å². The highest BCUT2D eigenvalue weighted by molar-refractivity contribution is 5.29. The van der Waals surface area contributed by atoms with Gasteiger partial charge in [0.05, 0.1) is 0 Å². The van der Waals surface area contributed by atoms with E-state index in [9.17, 15) is 0 Å². The smallest absolute Gasteiger partial charge is 0.0300 e. The molecule has 0 atom stereocenters. The van der Waals surface area contributed by atoms with Gasteiger partial charge >= 0.3 is 0 Å². The molecule has 1 aromatic rings. The van der Waals surface area contributed by atoms with Gasteiger partial charge in [-0.3, -0.25) is 4.98 Å². The molecule has 0 aliphatic carbocycles.